The Labute approximate surface area is 81.5 Å². The Morgan fingerprint density at radius 3 is 3.07 bits per heavy atom. The van der Waals surface area contributed by atoms with Crippen LogP contribution in [0.1, 0.15) is 5.56 Å². The van der Waals surface area contributed by atoms with E-state index >= 15 is 0 Å². The molecule has 0 saturated heterocycles. The zero-order chi connectivity index (χ0) is 10.1. The smallest absolute Gasteiger partial charge is 0.326 e. The molecule has 4 nitrogen and oxygen atoms in total. The fourth-order valence-electron chi connectivity index (χ4n) is 1.67. The second kappa shape index (κ2) is 3.21. The summed E-state index contributed by atoms with van der Waals surface area (Å²) in [4.78, 5) is 10.8. The third-order valence-electron chi connectivity index (χ3n) is 2.37. The van der Waals surface area contributed by atoms with Gasteiger partial charge in [-0.1, -0.05) is 12.1 Å². The summed E-state index contributed by atoms with van der Waals surface area (Å²) >= 11 is 0. The van der Waals surface area contributed by atoms with Gasteiger partial charge in [0.1, 0.15) is 11.8 Å². The van der Waals surface area contributed by atoms with Crippen molar-refractivity contribution >= 4 is 11.7 Å². The topological polar surface area (TPSA) is 58.6 Å². The Balaban J connectivity index is 2.34. The molecular formula is C10H11NO3. The zero-order valence-electron chi connectivity index (χ0n) is 7.78. The monoisotopic (exact) mass is 193 g/mol. The number of hydrogen-bond donors (Lipinski definition) is 2. The standard InChI is InChI=1S/C10H11NO3/c1-14-8-4-2-3-6-5-7(10(12)13)11-9(6)8/h2-4,7,11H,5H2,1H3,(H,12,13)/t7-/m0/s1. The number of rotatable bonds is 2. The number of carboxylic acid groups (broad SMARTS) is 1. The molecular weight excluding hydrogens is 182 g/mol. The average molecular weight is 193 g/mol. The van der Waals surface area contributed by atoms with Crippen molar-refractivity contribution in [2.24, 2.45) is 0 Å². The molecule has 1 aromatic carbocycles. The molecule has 0 amide bonds. The Hall–Kier alpha value is -1.71. The fourth-order valence-corrected chi connectivity index (χ4v) is 1.67. The lowest BCUT2D eigenvalue weighted by molar-refractivity contribution is -0.137. The molecule has 1 heterocycles. The largest absolute Gasteiger partial charge is 0.495 e. The van der Waals surface area contributed by atoms with E-state index in [4.69, 9.17) is 9.84 Å². The second-order valence-electron chi connectivity index (χ2n) is 3.23. The molecule has 0 fully saturated rings. The van der Waals surface area contributed by atoms with E-state index in [0.29, 0.717) is 12.2 Å². The first-order valence-corrected chi connectivity index (χ1v) is 4.37. The van der Waals surface area contributed by atoms with Crippen LogP contribution in [0, 0.1) is 0 Å². The number of aliphatic carboxylic acids is 1. The van der Waals surface area contributed by atoms with Crippen molar-refractivity contribution in [1.82, 2.24) is 0 Å². The van der Waals surface area contributed by atoms with Gasteiger partial charge in [0.25, 0.3) is 0 Å². The van der Waals surface area contributed by atoms with Gasteiger partial charge in [-0.3, -0.25) is 0 Å². The SMILES string of the molecule is COc1cccc2c1N[C@H](C(=O)O)C2. The average Bonchev–Trinajstić information content (AvgIpc) is 2.60. The number of benzene rings is 1. The van der Waals surface area contributed by atoms with Crippen LogP contribution in [0.3, 0.4) is 0 Å². The zero-order valence-corrected chi connectivity index (χ0v) is 7.78. The van der Waals surface area contributed by atoms with Gasteiger partial charge in [-0.15, -0.1) is 0 Å². The third-order valence-corrected chi connectivity index (χ3v) is 2.37. The summed E-state index contributed by atoms with van der Waals surface area (Å²) in [6.07, 6.45) is 0.516. The summed E-state index contributed by atoms with van der Waals surface area (Å²) in [5.74, 6) is -0.130. The van der Waals surface area contributed by atoms with Crippen LogP contribution in [0.15, 0.2) is 18.2 Å². The highest BCUT2D eigenvalue weighted by Gasteiger charge is 2.28. The highest BCUT2D eigenvalue weighted by Crippen LogP contribution is 2.34. The highest BCUT2D eigenvalue weighted by atomic mass is 16.5. The summed E-state index contributed by atoms with van der Waals surface area (Å²) in [6.45, 7) is 0. The van der Waals surface area contributed by atoms with Crippen LogP contribution < -0.4 is 10.1 Å². The van der Waals surface area contributed by atoms with Gasteiger partial charge >= 0.3 is 5.97 Å². The first-order valence-electron chi connectivity index (χ1n) is 4.37. The van der Waals surface area contributed by atoms with E-state index in [-0.39, 0.29) is 0 Å². The van der Waals surface area contributed by atoms with Crippen LogP contribution in [-0.2, 0) is 11.2 Å². The number of fused-ring (bicyclic) bond motifs is 1. The quantitative estimate of drug-likeness (QED) is 0.738. The summed E-state index contributed by atoms with van der Waals surface area (Å²) in [6, 6.07) is 5.06. The number of para-hydroxylation sites is 1. The van der Waals surface area contributed by atoms with E-state index in [1.165, 1.54) is 0 Å². The number of carbonyl (C=O) groups is 1. The molecule has 0 bridgehead atoms. The highest BCUT2D eigenvalue weighted by molar-refractivity contribution is 5.83. The van der Waals surface area contributed by atoms with Crippen LogP contribution in [0.2, 0.25) is 0 Å². The van der Waals surface area contributed by atoms with E-state index in [1.807, 2.05) is 18.2 Å². The summed E-state index contributed by atoms with van der Waals surface area (Å²) < 4.78 is 5.13. The van der Waals surface area contributed by atoms with E-state index in [1.54, 1.807) is 7.11 Å². The molecule has 0 radical (unpaired) electrons. The molecule has 0 unspecified atom stereocenters. The Morgan fingerprint density at radius 1 is 1.64 bits per heavy atom. The van der Waals surface area contributed by atoms with E-state index in [0.717, 1.165) is 11.3 Å². The number of anilines is 1. The lowest BCUT2D eigenvalue weighted by atomic mass is 10.1. The molecule has 74 valence electrons. The first-order chi connectivity index (χ1) is 6.72. The maximum Gasteiger partial charge on any atom is 0.326 e. The van der Waals surface area contributed by atoms with E-state index in [9.17, 15) is 4.79 Å². The van der Waals surface area contributed by atoms with Gasteiger partial charge in [0.15, 0.2) is 0 Å². The van der Waals surface area contributed by atoms with Gasteiger partial charge in [-0.05, 0) is 11.6 Å². The predicted octanol–water partition coefficient (Wildman–Crippen LogP) is 1.12. The maximum atomic E-state index is 10.8. The Kier molecular flexibility index (Phi) is 2.04. The van der Waals surface area contributed by atoms with Gasteiger partial charge < -0.3 is 15.2 Å². The summed E-state index contributed by atoms with van der Waals surface area (Å²) in [7, 11) is 1.57. The molecule has 1 aliphatic heterocycles. The van der Waals surface area contributed by atoms with Gasteiger partial charge in [0.05, 0.1) is 12.8 Å². The molecule has 0 aromatic heterocycles. The maximum absolute atomic E-state index is 10.8. The minimum Gasteiger partial charge on any atom is -0.495 e. The normalized spacial score (nSPS) is 18.5. The third kappa shape index (κ3) is 1.28. The first kappa shape index (κ1) is 8.87. The van der Waals surface area contributed by atoms with Crippen molar-refractivity contribution in [3.63, 3.8) is 0 Å². The molecule has 4 heteroatoms. The Bertz CT molecular complexity index is 376. The van der Waals surface area contributed by atoms with Crippen molar-refractivity contribution in [3.8, 4) is 5.75 Å². The molecule has 14 heavy (non-hydrogen) atoms. The second-order valence-corrected chi connectivity index (χ2v) is 3.23. The van der Waals surface area contributed by atoms with Crippen molar-refractivity contribution in [2.45, 2.75) is 12.5 Å². The number of hydrogen-bond acceptors (Lipinski definition) is 3. The minimum absolute atomic E-state index is 0.516. The fraction of sp³-hybridized carbons (Fsp3) is 0.300. The molecule has 1 aromatic rings. The number of nitrogens with one attached hydrogen (secondary N) is 1. The van der Waals surface area contributed by atoms with Gasteiger partial charge in [0.2, 0.25) is 0 Å². The van der Waals surface area contributed by atoms with Crippen LogP contribution in [-0.4, -0.2) is 24.2 Å². The van der Waals surface area contributed by atoms with Gasteiger partial charge in [0, 0.05) is 6.42 Å². The molecule has 0 saturated carbocycles. The molecule has 0 aliphatic carbocycles. The van der Waals surface area contributed by atoms with Crippen molar-refractivity contribution in [1.29, 1.82) is 0 Å². The summed E-state index contributed by atoms with van der Waals surface area (Å²) in [5, 5.41) is 11.8. The van der Waals surface area contributed by atoms with Gasteiger partial charge in [-0.2, -0.15) is 0 Å². The Morgan fingerprint density at radius 2 is 2.43 bits per heavy atom. The lowest BCUT2D eigenvalue weighted by Crippen LogP contribution is -2.26. The van der Waals surface area contributed by atoms with Crippen molar-refractivity contribution in [3.05, 3.63) is 23.8 Å². The molecule has 1 aliphatic rings. The van der Waals surface area contributed by atoms with Gasteiger partial charge in [-0.25, -0.2) is 4.79 Å². The lowest BCUT2D eigenvalue weighted by Gasteiger charge is -2.08. The molecule has 2 rings (SSSR count). The predicted molar refractivity (Wildman–Crippen MR) is 51.7 cm³/mol. The van der Waals surface area contributed by atoms with E-state index < -0.39 is 12.0 Å². The van der Waals surface area contributed by atoms with Crippen LogP contribution in [0.4, 0.5) is 5.69 Å². The molecule has 0 spiro atoms. The van der Waals surface area contributed by atoms with Crippen molar-refractivity contribution in [2.75, 3.05) is 12.4 Å². The number of carboxylic acids is 1. The minimum atomic E-state index is -0.830. The molecule has 2 N–H and O–H groups in total. The van der Waals surface area contributed by atoms with E-state index in [2.05, 4.69) is 5.32 Å². The van der Waals surface area contributed by atoms with Crippen molar-refractivity contribution < 1.29 is 14.6 Å². The molecule has 1 atom stereocenters. The number of methoxy groups -OCH3 is 1. The van der Waals surface area contributed by atoms with Crippen LogP contribution in [0.25, 0.3) is 0 Å². The van der Waals surface area contributed by atoms with Crippen LogP contribution >= 0.6 is 0 Å². The summed E-state index contributed by atoms with van der Waals surface area (Å²) in [5.41, 5.74) is 1.80. The number of ether oxygens (including phenoxy) is 1. The van der Waals surface area contributed by atoms with Crippen LogP contribution in [0.5, 0.6) is 5.75 Å².